The Balaban J connectivity index is 1.44. The van der Waals surface area contributed by atoms with Crippen molar-refractivity contribution in [2.24, 2.45) is 11.8 Å². The molecule has 2 aliphatic rings. The maximum atomic E-state index is 12.8. The van der Waals surface area contributed by atoms with Gasteiger partial charge in [0.15, 0.2) is 16.6 Å². The molecule has 0 aliphatic carbocycles. The lowest BCUT2D eigenvalue weighted by molar-refractivity contribution is -0.127. The summed E-state index contributed by atoms with van der Waals surface area (Å²) < 4.78 is 10.9. The van der Waals surface area contributed by atoms with Gasteiger partial charge in [0.25, 0.3) is 5.91 Å². The molecule has 0 bridgehead atoms. The van der Waals surface area contributed by atoms with Crippen LogP contribution in [0.5, 0.6) is 11.5 Å². The van der Waals surface area contributed by atoms with Crippen LogP contribution in [0.1, 0.15) is 33.1 Å². The summed E-state index contributed by atoms with van der Waals surface area (Å²) in [6.07, 6.45) is 4.35. The number of methoxy groups -OCH3 is 2. The molecular formula is C23H31N5O3S. The largest absolute Gasteiger partial charge is 0.493 e. The highest BCUT2D eigenvalue weighted by Gasteiger charge is 2.37. The van der Waals surface area contributed by atoms with Crippen LogP contribution >= 0.6 is 12.2 Å². The first-order chi connectivity index (χ1) is 15.4. The van der Waals surface area contributed by atoms with E-state index in [0.717, 1.165) is 49.1 Å². The Labute approximate surface area is 194 Å². The summed E-state index contributed by atoms with van der Waals surface area (Å²) in [5, 5.41) is 4.73. The second-order valence-electron chi connectivity index (χ2n) is 8.93. The minimum atomic E-state index is -0.179. The summed E-state index contributed by atoms with van der Waals surface area (Å²) in [6, 6.07) is 3.64. The second-order valence-corrected chi connectivity index (χ2v) is 9.32. The molecule has 1 amide bonds. The Morgan fingerprint density at radius 2 is 1.84 bits per heavy atom. The summed E-state index contributed by atoms with van der Waals surface area (Å²) in [6.45, 7) is 6.66. The number of fused-ring (bicyclic) bond motifs is 1. The standard InChI is InChI=1S/C23H31N5O3S/c1-14(2)9-18-22(29)28(23(32)26-18)12-15-5-7-27(8-6-15)21-16-10-19(30-3)20(31-4)11-17(16)24-13-25-21/h10-11,13-15,18H,5-9,12H2,1-4H3,(H,26,32). The highest BCUT2D eigenvalue weighted by atomic mass is 32.1. The van der Waals surface area contributed by atoms with Crippen molar-refractivity contribution in [3.8, 4) is 11.5 Å². The fourth-order valence-electron chi connectivity index (χ4n) is 4.59. The number of amides is 1. The second kappa shape index (κ2) is 9.44. The number of thiocarbonyl (C=S) groups is 1. The molecule has 1 unspecified atom stereocenters. The van der Waals surface area contributed by atoms with Crippen molar-refractivity contribution in [3.63, 3.8) is 0 Å². The first-order valence-corrected chi connectivity index (χ1v) is 11.6. The number of anilines is 1. The topological polar surface area (TPSA) is 79.8 Å². The molecule has 0 spiro atoms. The van der Waals surface area contributed by atoms with Crippen molar-refractivity contribution >= 4 is 40.0 Å². The number of nitrogens with zero attached hydrogens (tertiary/aromatic N) is 4. The van der Waals surface area contributed by atoms with Gasteiger partial charge in [-0.05, 0) is 49.4 Å². The number of hydrogen-bond acceptors (Lipinski definition) is 7. The van der Waals surface area contributed by atoms with Crippen LogP contribution in [0.2, 0.25) is 0 Å². The van der Waals surface area contributed by atoms with Crippen molar-refractivity contribution in [1.29, 1.82) is 0 Å². The summed E-state index contributed by atoms with van der Waals surface area (Å²) >= 11 is 5.46. The Morgan fingerprint density at radius 1 is 1.16 bits per heavy atom. The molecule has 2 fully saturated rings. The molecule has 1 N–H and O–H groups in total. The van der Waals surface area contributed by atoms with E-state index in [1.165, 1.54) is 0 Å². The van der Waals surface area contributed by atoms with E-state index in [-0.39, 0.29) is 11.9 Å². The fourth-order valence-corrected chi connectivity index (χ4v) is 4.89. The van der Waals surface area contributed by atoms with Crippen molar-refractivity contribution < 1.29 is 14.3 Å². The summed E-state index contributed by atoms with van der Waals surface area (Å²) in [5.41, 5.74) is 0.824. The van der Waals surface area contributed by atoms with Crippen molar-refractivity contribution in [3.05, 3.63) is 18.5 Å². The molecule has 2 aromatic rings. The van der Waals surface area contributed by atoms with E-state index < -0.39 is 0 Å². The Hall–Kier alpha value is -2.68. The van der Waals surface area contributed by atoms with Gasteiger partial charge in [0.2, 0.25) is 0 Å². The van der Waals surface area contributed by atoms with Crippen LogP contribution in [0, 0.1) is 11.8 Å². The van der Waals surface area contributed by atoms with Gasteiger partial charge in [-0.1, -0.05) is 13.8 Å². The van der Waals surface area contributed by atoms with Gasteiger partial charge in [-0.15, -0.1) is 0 Å². The molecule has 2 saturated heterocycles. The number of carbonyl (C=O) groups excluding carboxylic acids is 1. The molecule has 1 atom stereocenters. The zero-order chi connectivity index (χ0) is 22.8. The highest BCUT2D eigenvalue weighted by molar-refractivity contribution is 7.80. The summed E-state index contributed by atoms with van der Waals surface area (Å²) in [4.78, 5) is 25.8. The molecule has 172 valence electrons. The van der Waals surface area contributed by atoms with Gasteiger partial charge >= 0.3 is 0 Å². The number of piperidine rings is 1. The average molecular weight is 458 g/mol. The first-order valence-electron chi connectivity index (χ1n) is 11.1. The number of rotatable bonds is 7. The van der Waals surface area contributed by atoms with E-state index in [4.69, 9.17) is 21.7 Å². The monoisotopic (exact) mass is 457 g/mol. The van der Waals surface area contributed by atoms with E-state index in [1.807, 2.05) is 12.1 Å². The molecule has 4 rings (SSSR count). The van der Waals surface area contributed by atoms with Gasteiger partial charge in [-0.3, -0.25) is 9.69 Å². The van der Waals surface area contributed by atoms with Crippen LogP contribution in [0.4, 0.5) is 5.82 Å². The van der Waals surface area contributed by atoms with Crippen LogP contribution in [-0.4, -0.2) is 65.8 Å². The van der Waals surface area contributed by atoms with Gasteiger partial charge in [0, 0.05) is 31.1 Å². The maximum absolute atomic E-state index is 12.8. The van der Waals surface area contributed by atoms with Crippen molar-refractivity contribution in [1.82, 2.24) is 20.2 Å². The zero-order valence-electron chi connectivity index (χ0n) is 19.1. The number of benzene rings is 1. The Kier molecular flexibility index (Phi) is 6.64. The molecule has 8 nitrogen and oxygen atoms in total. The minimum absolute atomic E-state index is 0.119. The third-order valence-electron chi connectivity index (χ3n) is 6.29. The molecule has 0 saturated carbocycles. The van der Waals surface area contributed by atoms with Crippen LogP contribution in [0.3, 0.4) is 0 Å². The number of hydrogen-bond donors (Lipinski definition) is 1. The molecule has 9 heteroatoms. The first kappa shape index (κ1) is 22.5. The van der Waals surface area contributed by atoms with Gasteiger partial charge in [0.05, 0.1) is 19.7 Å². The Bertz CT molecular complexity index is 1010. The van der Waals surface area contributed by atoms with E-state index >= 15 is 0 Å². The van der Waals surface area contributed by atoms with Gasteiger partial charge in [0.1, 0.15) is 18.2 Å². The quantitative estimate of drug-likeness (QED) is 0.636. The maximum Gasteiger partial charge on any atom is 0.251 e. The molecule has 2 aliphatic heterocycles. The van der Waals surface area contributed by atoms with E-state index in [2.05, 4.69) is 34.0 Å². The van der Waals surface area contributed by atoms with Crippen LogP contribution < -0.4 is 19.7 Å². The zero-order valence-corrected chi connectivity index (χ0v) is 19.9. The van der Waals surface area contributed by atoms with Gasteiger partial charge < -0.3 is 19.7 Å². The third-order valence-corrected chi connectivity index (χ3v) is 6.63. The fraction of sp³-hybridized carbons (Fsp3) is 0.565. The minimum Gasteiger partial charge on any atom is -0.493 e. The predicted molar refractivity (Wildman–Crippen MR) is 128 cm³/mol. The van der Waals surface area contributed by atoms with E-state index in [1.54, 1.807) is 25.4 Å². The molecular weight excluding hydrogens is 426 g/mol. The smallest absolute Gasteiger partial charge is 0.251 e. The lowest BCUT2D eigenvalue weighted by atomic mass is 9.95. The predicted octanol–water partition coefficient (Wildman–Crippen LogP) is 2.99. The van der Waals surface area contributed by atoms with Crippen LogP contribution in [0.25, 0.3) is 10.9 Å². The molecule has 1 aromatic heterocycles. The molecule has 1 aromatic carbocycles. The van der Waals surface area contributed by atoms with E-state index in [9.17, 15) is 4.79 Å². The normalized spacial score (nSPS) is 19.7. The number of nitrogens with one attached hydrogen (secondary N) is 1. The molecule has 32 heavy (non-hydrogen) atoms. The molecule has 3 heterocycles. The van der Waals surface area contributed by atoms with E-state index in [0.29, 0.717) is 35.0 Å². The summed E-state index contributed by atoms with van der Waals surface area (Å²) in [5.74, 6) is 3.20. The van der Waals surface area contributed by atoms with Crippen molar-refractivity contribution in [2.75, 3.05) is 38.8 Å². The van der Waals surface area contributed by atoms with Gasteiger partial charge in [-0.2, -0.15) is 0 Å². The summed E-state index contributed by atoms with van der Waals surface area (Å²) in [7, 11) is 3.25. The van der Waals surface area contributed by atoms with Crippen LogP contribution in [-0.2, 0) is 4.79 Å². The number of carbonyl (C=O) groups is 1. The van der Waals surface area contributed by atoms with Crippen LogP contribution in [0.15, 0.2) is 18.5 Å². The van der Waals surface area contributed by atoms with Crippen molar-refractivity contribution in [2.45, 2.75) is 39.2 Å². The average Bonchev–Trinajstić information content (AvgIpc) is 3.05. The number of aromatic nitrogens is 2. The highest BCUT2D eigenvalue weighted by Crippen LogP contribution is 2.35. The Morgan fingerprint density at radius 3 is 2.50 bits per heavy atom. The third kappa shape index (κ3) is 4.44. The van der Waals surface area contributed by atoms with Gasteiger partial charge in [-0.25, -0.2) is 9.97 Å². The number of ether oxygens (including phenoxy) is 2. The molecule has 0 radical (unpaired) electrons. The lowest BCUT2D eigenvalue weighted by Gasteiger charge is -2.34. The SMILES string of the molecule is COc1cc2ncnc(N3CCC(CN4C(=O)C(CC(C)C)NC4=S)CC3)c2cc1OC. The lowest BCUT2D eigenvalue weighted by Crippen LogP contribution is -2.41.